The lowest BCUT2D eigenvalue weighted by Gasteiger charge is -2.32. The van der Waals surface area contributed by atoms with Crippen LogP contribution in [0.5, 0.6) is 0 Å². The summed E-state index contributed by atoms with van der Waals surface area (Å²) in [4.78, 5) is 0. The van der Waals surface area contributed by atoms with Gasteiger partial charge in [-0.1, -0.05) is 30.2 Å². The third-order valence-electron chi connectivity index (χ3n) is 4.70. The Morgan fingerprint density at radius 1 is 1.15 bits per heavy atom. The number of halogens is 1. The summed E-state index contributed by atoms with van der Waals surface area (Å²) in [5.74, 6) is 0.839. The molecule has 0 aliphatic heterocycles. The van der Waals surface area contributed by atoms with E-state index in [1.54, 1.807) is 0 Å². The lowest BCUT2D eigenvalue weighted by atomic mass is 9.92. The predicted molar refractivity (Wildman–Crippen MR) is 89.6 cm³/mol. The third-order valence-corrected chi connectivity index (χ3v) is 6.04. The molecule has 110 valence electrons. The molecule has 20 heavy (non-hydrogen) atoms. The smallest absolute Gasteiger partial charge is 0.0406 e. The van der Waals surface area contributed by atoms with Crippen molar-refractivity contribution < 1.29 is 0 Å². The Bertz CT molecular complexity index is 429. The van der Waals surface area contributed by atoms with Crippen molar-refractivity contribution in [2.24, 2.45) is 5.92 Å². The molecular formula is C17H24ClNS. The van der Waals surface area contributed by atoms with Crippen molar-refractivity contribution >= 4 is 23.4 Å². The van der Waals surface area contributed by atoms with Crippen LogP contribution in [0.3, 0.4) is 0 Å². The van der Waals surface area contributed by atoms with E-state index in [9.17, 15) is 0 Å². The Labute approximate surface area is 131 Å². The second-order valence-corrected chi connectivity index (χ2v) is 7.83. The molecule has 2 fully saturated rings. The lowest BCUT2D eigenvalue weighted by Crippen LogP contribution is -2.38. The Morgan fingerprint density at radius 3 is 2.55 bits per heavy atom. The van der Waals surface area contributed by atoms with Gasteiger partial charge in [-0.15, -0.1) is 0 Å². The van der Waals surface area contributed by atoms with Gasteiger partial charge < -0.3 is 5.32 Å². The van der Waals surface area contributed by atoms with Crippen LogP contribution in [0.2, 0.25) is 5.02 Å². The maximum Gasteiger partial charge on any atom is 0.0406 e. The first kappa shape index (κ1) is 14.7. The fourth-order valence-electron chi connectivity index (χ4n) is 3.37. The van der Waals surface area contributed by atoms with E-state index in [1.807, 2.05) is 23.9 Å². The first-order valence-electron chi connectivity index (χ1n) is 7.80. The molecule has 1 aromatic carbocycles. The molecule has 3 unspecified atom stereocenters. The molecule has 3 atom stereocenters. The first-order chi connectivity index (χ1) is 9.76. The quantitative estimate of drug-likeness (QED) is 0.816. The monoisotopic (exact) mass is 309 g/mol. The van der Waals surface area contributed by atoms with Gasteiger partial charge in [0.2, 0.25) is 0 Å². The molecule has 2 aliphatic rings. The number of hydrogen-bond donors (Lipinski definition) is 1. The molecule has 2 aliphatic carbocycles. The van der Waals surface area contributed by atoms with Crippen molar-refractivity contribution in [2.45, 2.75) is 55.9 Å². The first-order valence-corrected chi connectivity index (χ1v) is 9.47. The molecule has 1 nitrogen and oxygen atoms in total. The number of rotatable bonds is 5. The second kappa shape index (κ2) is 6.72. The van der Waals surface area contributed by atoms with Gasteiger partial charge in [0.15, 0.2) is 0 Å². The fraction of sp³-hybridized carbons (Fsp3) is 0.647. The van der Waals surface area contributed by atoms with Crippen LogP contribution < -0.4 is 5.32 Å². The van der Waals surface area contributed by atoms with E-state index in [0.717, 1.165) is 16.2 Å². The highest BCUT2D eigenvalue weighted by molar-refractivity contribution is 7.99. The molecule has 0 bridgehead atoms. The van der Waals surface area contributed by atoms with Gasteiger partial charge in [-0.3, -0.25) is 0 Å². The van der Waals surface area contributed by atoms with Crippen LogP contribution in [0.25, 0.3) is 0 Å². The van der Waals surface area contributed by atoms with Gasteiger partial charge in [0.05, 0.1) is 0 Å². The van der Waals surface area contributed by atoms with Gasteiger partial charge in [-0.2, -0.15) is 11.8 Å². The van der Waals surface area contributed by atoms with E-state index in [4.69, 9.17) is 11.6 Å². The largest absolute Gasteiger partial charge is 0.307 e. The molecule has 0 spiro atoms. The average Bonchev–Trinajstić information content (AvgIpc) is 3.31. The molecule has 1 aromatic rings. The second-order valence-electron chi connectivity index (χ2n) is 6.25. The van der Waals surface area contributed by atoms with Crippen LogP contribution in [0.15, 0.2) is 24.3 Å². The minimum absolute atomic E-state index is 0.540. The maximum atomic E-state index is 6.02. The van der Waals surface area contributed by atoms with E-state index in [2.05, 4.69) is 23.7 Å². The summed E-state index contributed by atoms with van der Waals surface area (Å²) in [7, 11) is 0. The molecule has 1 N–H and O–H groups in total. The minimum atomic E-state index is 0.540. The Balaban J connectivity index is 1.67. The zero-order valence-corrected chi connectivity index (χ0v) is 13.7. The van der Waals surface area contributed by atoms with Crippen LogP contribution in [0.4, 0.5) is 0 Å². The standard InChI is InChI=1S/C17H24ClNS/c1-20-16-4-2-3-15(11-16)19-17(12-5-6-12)13-7-9-14(18)10-8-13/h7-10,12,15-17,19H,2-6,11H2,1H3. The van der Waals surface area contributed by atoms with Gasteiger partial charge in [0.25, 0.3) is 0 Å². The Hall–Kier alpha value is -0.180. The van der Waals surface area contributed by atoms with E-state index in [1.165, 1.54) is 44.1 Å². The summed E-state index contributed by atoms with van der Waals surface area (Å²) >= 11 is 8.06. The van der Waals surface area contributed by atoms with Crippen molar-refractivity contribution in [3.63, 3.8) is 0 Å². The molecule has 2 saturated carbocycles. The van der Waals surface area contributed by atoms with Crippen LogP contribution in [0, 0.1) is 5.92 Å². The highest BCUT2D eigenvalue weighted by atomic mass is 35.5. The molecule has 0 saturated heterocycles. The third kappa shape index (κ3) is 3.72. The van der Waals surface area contributed by atoms with Crippen molar-refractivity contribution in [2.75, 3.05) is 6.26 Å². The molecule has 3 heteroatoms. The number of hydrogen-bond acceptors (Lipinski definition) is 2. The van der Waals surface area contributed by atoms with Gasteiger partial charge in [0, 0.05) is 22.4 Å². The van der Waals surface area contributed by atoms with Crippen LogP contribution in [-0.2, 0) is 0 Å². The van der Waals surface area contributed by atoms with Gasteiger partial charge in [-0.25, -0.2) is 0 Å². The molecular weight excluding hydrogens is 286 g/mol. The van der Waals surface area contributed by atoms with E-state index < -0.39 is 0 Å². The van der Waals surface area contributed by atoms with E-state index in [0.29, 0.717) is 12.1 Å². The van der Waals surface area contributed by atoms with Crippen LogP contribution in [-0.4, -0.2) is 17.5 Å². The van der Waals surface area contributed by atoms with Gasteiger partial charge >= 0.3 is 0 Å². The lowest BCUT2D eigenvalue weighted by molar-refractivity contribution is 0.328. The molecule has 0 radical (unpaired) electrons. The molecule has 0 heterocycles. The van der Waals surface area contributed by atoms with E-state index in [-0.39, 0.29) is 0 Å². The van der Waals surface area contributed by atoms with Gasteiger partial charge in [-0.05, 0) is 62.0 Å². The summed E-state index contributed by atoms with van der Waals surface area (Å²) in [6.07, 6.45) is 10.4. The normalized spacial score (nSPS) is 28.3. The zero-order chi connectivity index (χ0) is 13.9. The zero-order valence-electron chi connectivity index (χ0n) is 12.1. The number of thioether (sulfide) groups is 1. The SMILES string of the molecule is CSC1CCCC(NC(c2ccc(Cl)cc2)C2CC2)C1. The molecule has 3 rings (SSSR count). The predicted octanol–water partition coefficient (Wildman–Crippen LogP) is 5.05. The minimum Gasteiger partial charge on any atom is -0.307 e. The summed E-state index contributed by atoms with van der Waals surface area (Å²) < 4.78 is 0. The van der Waals surface area contributed by atoms with Crippen LogP contribution >= 0.6 is 23.4 Å². The summed E-state index contributed by atoms with van der Waals surface area (Å²) in [6, 6.07) is 9.69. The molecule has 0 aromatic heterocycles. The molecule has 0 amide bonds. The fourth-order valence-corrected chi connectivity index (χ4v) is 4.32. The maximum absolute atomic E-state index is 6.02. The van der Waals surface area contributed by atoms with Crippen molar-refractivity contribution in [1.29, 1.82) is 0 Å². The number of nitrogens with one attached hydrogen (secondary N) is 1. The van der Waals surface area contributed by atoms with Crippen LogP contribution in [0.1, 0.15) is 50.1 Å². The Kier molecular flexibility index (Phi) is 4.95. The van der Waals surface area contributed by atoms with Crippen molar-refractivity contribution in [1.82, 2.24) is 5.32 Å². The van der Waals surface area contributed by atoms with E-state index >= 15 is 0 Å². The summed E-state index contributed by atoms with van der Waals surface area (Å²) in [6.45, 7) is 0. The topological polar surface area (TPSA) is 12.0 Å². The van der Waals surface area contributed by atoms with Gasteiger partial charge in [0.1, 0.15) is 0 Å². The number of benzene rings is 1. The highest BCUT2D eigenvalue weighted by Gasteiger charge is 2.34. The summed E-state index contributed by atoms with van der Waals surface area (Å²) in [5, 5.41) is 5.65. The Morgan fingerprint density at radius 2 is 1.90 bits per heavy atom. The van der Waals surface area contributed by atoms with Crippen molar-refractivity contribution in [3.05, 3.63) is 34.9 Å². The average molecular weight is 310 g/mol. The summed E-state index contributed by atoms with van der Waals surface area (Å²) in [5.41, 5.74) is 1.42. The van der Waals surface area contributed by atoms with Crippen molar-refractivity contribution in [3.8, 4) is 0 Å². The highest BCUT2D eigenvalue weighted by Crippen LogP contribution is 2.42.